The lowest BCUT2D eigenvalue weighted by atomic mass is 10.1. The van der Waals surface area contributed by atoms with Gasteiger partial charge < -0.3 is 10.4 Å². The Morgan fingerprint density at radius 1 is 1.26 bits per heavy atom. The number of hydrogen-bond acceptors (Lipinski definition) is 2. The quantitative estimate of drug-likeness (QED) is 0.755. The fraction of sp³-hybridized carbons (Fsp3) is 0.231. The van der Waals surface area contributed by atoms with E-state index in [9.17, 15) is 14.0 Å². The van der Waals surface area contributed by atoms with Crippen LogP contribution in [0.3, 0.4) is 0 Å². The molecule has 1 heterocycles. The summed E-state index contributed by atoms with van der Waals surface area (Å²) in [5.41, 5.74) is 0.882. The zero-order valence-corrected chi connectivity index (χ0v) is 10.2. The molecule has 0 unspecified atom stereocenters. The third-order valence-corrected chi connectivity index (χ3v) is 2.71. The summed E-state index contributed by atoms with van der Waals surface area (Å²) in [6.45, 7) is 0.245. The van der Waals surface area contributed by atoms with E-state index in [0.29, 0.717) is 17.7 Å². The molecule has 3 N–H and O–H groups in total. The highest BCUT2D eigenvalue weighted by molar-refractivity contribution is 5.76. The van der Waals surface area contributed by atoms with Crippen molar-refractivity contribution in [1.82, 2.24) is 15.5 Å². The maximum absolute atomic E-state index is 13.3. The smallest absolute Gasteiger partial charge is 0.264 e. The number of aryl methyl sites for hydroxylation is 1. The largest absolute Gasteiger partial charge is 0.350 e. The molecule has 1 aromatic heterocycles. The first-order valence-corrected chi connectivity index (χ1v) is 5.92. The number of aromatic amines is 2. The van der Waals surface area contributed by atoms with Crippen molar-refractivity contribution in [2.24, 2.45) is 0 Å². The van der Waals surface area contributed by atoms with Crippen molar-refractivity contribution in [3.8, 4) is 0 Å². The normalized spacial score (nSPS) is 10.4. The van der Waals surface area contributed by atoms with Gasteiger partial charge in [-0.2, -0.15) is 0 Å². The fourth-order valence-electron chi connectivity index (χ4n) is 1.70. The maximum Gasteiger partial charge on any atom is 0.264 e. The minimum atomic E-state index is -0.301. The number of amides is 1. The molecule has 19 heavy (non-hydrogen) atoms. The molecule has 0 fully saturated rings. The second-order valence-corrected chi connectivity index (χ2v) is 4.15. The van der Waals surface area contributed by atoms with Gasteiger partial charge in [-0.15, -0.1) is 0 Å². The predicted octanol–water partition coefficient (Wildman–Crippen LogP) is 1.09. The Bertz CT molecular complexity index is 618. The van der Waals surface area contributed by atoms with Gasteiger partial charge in [-0.1, -0.05) is 18.2 Å². The predicted molar refractivity (Wildman–Crippen MR) is 68.0 cm³/mol. The molecule has 0 atom stereocenters. The standard InChI is InChI=1S/C13H14FN3O2/c14-11-4-2-1-3-9(11)5-6-12(18)15-8-10-7-13(19)17-16-10/h1-4,7H,5-6,8H2,(H,15,18)(H2,16,17,19). The minimum absolute atomic E-state index is 0.190. The topological polar surface area (TPSA) is 77.8 Å². The first-order valence-electron chi connectivity index (χ1n) is 5.92. The molecule has 0 saturated carbocycles. The lowest BCUT2D eigenvalue weighted by Crippen LogP contribution is -2.23. The first-order chi connectivity index (χ1) is 9.15. The molecule has 0 radical (unpaired) electrons. The number of carbonyl (C=O) groups excluding carboxylic acids is 1. The average Bonchev–Trinajstić information content (AvgIpc) is 2.81. The minimum Gasteiger partial charge on any atom is -0.350 e. The van der Waals surface area contributed by atoms with Crippen LogP contribution in [0.4, 0.5) is 4.39 Å². The summed E-state index contributed by atoms with van der Waals surface area (Å²) in [5, 5.41) is 7.66. The Morgan fingerprint density at radius 3 is 2.74 bits per heavy atom. The number of carbonyl (C=O) groups is 1. The van der Waals surface area contributed by atoms with E-state index in [-0.39, 0.29) is 30.2 Å². The van der Waals surface area contributed by atoms with Crippen LogP contribution in [0.25, 0.3) is 0 Å². The zero-order valence-electron chi connectivity index (χ0n) is 10.2. The van der Waals surface area contributed by atoms with Crippen LogP contribution in [0.1, 0.15) is 17.7 Å². The summed E-state index contributed by atoms with van der Waals surface area (Å²) in [5.74, 6) is -0.490. The zero-order chi connectivity index (χ0) is 13.7. The molecule has 6 heteroatoms. The molecule has 2 rings (SSSR count). The fourth-order valence-corrected chi connectivity index (χ4v) is 1.70. The van der Waals surface area contributed by atoms with Gasteiger partial charge >= 0.3 is 0 Å². The molecule has 0 spiro atoms. The van der Waals surface area contributed by atoms with Gasteiger partial charge in [-0.3, -0.25) is 14.7 Å². The molecule has 1 amide bonds. The first kappa shape index (κ1) is 13.1. The summed E-state index contributed by atoms with van der Waals surface area (Å²) < 4.78 is 13.3. The van der Waals surface area contributed by atoms with Gasteiger partial charge in [0, 0.05) is 12.5 Å². The van der Waals surface area contributed by atoms with Crippen LogP contribution < -0.4 is 10.9 Å². The monoisotopic (exact) mass is 263 g/mol. The highest BCUT2D eigenvalue weighted by Gasteiger charge is 2.06. The van der Waals surface area contributed by atoms with Crippen molar-refractivity contribution in [3.63, 3.8) is 0 Å². The Balaban J connectivity index is 1.79. The lowest BCUT2D eigenvalue weighted by molar-refractivity contribution is -0.121. The summed E-state index contributed by atoms with van der Waals surface area (Å²) in [4.78, 5) is 22.4. The number of rotatable bonds is 5. The molecule has 0 aliphatic rings. The average molecular weight is 263 g/mol. The van der Waals surface area contributed by atoms with Crippen LogP contribution in [0.5, 0.6) is 0 Å². The molecule has 5 nitrogen and oxygen atoms in total. The number of benzene rings is 1. The van der Waals surface area contributed by atoms with Gasteiger partial charge in [0.15, 0.2) is 0 Å². The summed E-state index contributed by atoms with van der Waals surface area (Å²) in [6.07, 6.45) is 0.553. The van der Waals surface area contributed by atoms with Crippen molar-refractivity contribution in [2.45, 2.75) is 19.4 Å². The van der Waals surface area contributed by atoms with E-state index in [1.807, 2.05) is 0 Å². The summed E-state index contributed by atoms with van der Waals surface area (Å²) in [7, 11) is 0. The Labute approximate surface area is 108 Å². The SMILES string of the molecule is O=C(CCc1ccccc1F)NCc1cc(=O)[nH][nH]1. The van der Waals surface area contributed by atoms with Gasteiger partial charge in [0.25, 0.3) is 5.56 Å². The van der Waals surface area contributed by atoms with Gasteiger partial charge in [0.05, 0.1) is 12.2 Å². The number of aromatic nitrogens is 2. The van der Waals surface area contributed by atoms with Crippen molar-refractivity contribution >= 4 is 5.91 Å². The second-order valence-electron chi connectivity index (χ2n) is 4.15. The van der Waals surface area contributed by atoms with E-state index in [2.05, 4.69) is 15.5 Å². The molecule has 2 aromatic rings. The van der Waals surface area contributed by atoms with Gasteiger partial charge in [-0.05, 0) is 18.1 Å². The number of halogens is 1. The van der Waals surface area contributed by atoms with E-state index in [1.165, 1.54) is 12.1 Å². The van der Waals surface area contributed by atoms with Gasteiger partial charge in [-0.25, -0.2) is 4.39 Å². The van der Waals surface area contributed by atoms with E-state index in [1.54, 1.807) is 18.2 Å². The second kappa shape index (κ2) is 5.99. The highest BCUT2D eigenvalue weighted by atomic mass is 19.1. The molecule has 1 aromatic carbocycles. The third-order valence-electron chi connectivity index (χ3n) is 2.71. The van der Waals surface area contributed by atoms with Crippen LogP contribution in [-0.2, 0) is 17.8 Å². The van der Waals surface area contributed by atoms with Crippen LogP contribution in [0, 0.1) is 5.82 Å². The molecule has 100 valence electrons. The van der Waals surface area contributed by atoms with Crippen molar-refractivity contribution < 1.29 is 9.18 Å². The number of H-pyrrole nitrogens is 2. The van der Waals surface area contributed by atoms with Gasteiger partial charge in [0.1, 0.15) is 5.82 Å². The Kier molecular flexibility index (Phi) is 4.12. The lowest BCUT2D eigenvalue weighted by Gasteiger charge is -2.04. The summed E-state index contributed by atoms with van der Waals surface area (Å²) >= 11 is 0. The number of hydrogen-bond donors (Lipinski definition) is 3. The van der Waals surface area contributed by atoms with E-state index in [4.69, 9.17) is 0 Å². The maximum atomic E-state index is 13.3. The molecular weight excluding hydrogens is 249 g/mol. The molecule has 0 aliphatic heterocycles. The van der Waals surface area contributed by atoms with Crippen LogP contribution in [-0.4, -0.2) is 16.1 Å². The third kappa shape index (κ3) is 3.80. The molecular formula is C13H14FN3O2. The van der Waals surface area contributed by atoms with Crippen molar-refractivity contribution in [2.75, 3.05) is 0 Å². The summed E-state index contributed by atoms with van der Waals surface area (Å²) in [6, 6.07) is 7.75. The highest BCUT2D eigenvalue weighted by Crippen LogP contribution is 2.08. The molecule has 0 saturated heterocycles. The van der Waals surface area contributed by atoms with E-state index in [0.717, 1.165) is 0 Å². The van der Waals surface area contributed by atoms with Crippen molar-refractivity contribution in [1.29, 1.82) is 0 Å². The van der Waals surface area contributed by atoms with Crippen molar-refractivity contribution in [3.05, 3.63) is 57.8 Å². The van der Waals surface area contributed by atoms with E-state index >= 15 is 0 Å². The number of nitrogens with one attached hydrogen (secondary N) is 3. The van der Waals surface area contributed by atoms with Crippen LogP contribution in [0.15, 0.2) is 35.1 Å². The van der Waals surface area contributed by atoms with Gasteiger partial charge in [0.2, 0.25) is 5.91 Å². The van der Waals surface area contributed by atoms with E-state index < -0.39 is 0 Å². The molecule has 0 bridgehead atoms. The van der Waals surface area contributed by atoms with Crippen LogP contribution >= 0.6 is 0 Å². The van der Waals surface area contributed by atoms with Crippen LogP contribution in [0.2, 0.25) is 0 Å². The Morgan fingerprint density at radius 2 is 2.05 bits per heavy atom. The Hall–Kier alpha value is -2.37. The molecule has 0 aliphatic carbocycles.